The minimum absolute atomic E-state index is 0.147. The SMILES string of the molecule is CCOC(=O)/C=C1\SCC(=O)N1CC(=O)Nc1ccc(C(=O)Nc2ccccc2OC)cc1. The van der Waals surface area contributed by atoms with Crippen molar-refractivity contribution in [3.63, 3.8) is 0 Å². The van der Waals surface area contributed by atoms with Crippen molar-refractivity contribution in [1.82, 2.24) is 4.90 Å². The molecule has 0 radical (unpaired) electrons. The highest BCUT2D eigenvalue weighted by Gasteiger charge is 2.29. The van der Waals surface area contributed by atoms with Crippen LogP contribution in [0.4, 0.5) is 11.4 Å². The molecule has 33 heavy (non-hydrogen) atoms. The van der Waals surface area contributed by atoms with Gasteiger partial charge in [-0.2, -0.15) is 0 Å². The molecule has 1 aliphatic rings. The van der Waals surface area contributed by atoms with E-state index in [0.29, 0.717) is 27.7 Å². The number of hydrogen-bond donors (Lipinski definition) is 2. The summed E-state index contributed by atoms with van der Waals surface area (Å²) in [4.78, 5) is 50.0. The molecule has 0 atom stereocenters. The van der Waals surface area contributed by atoms with E-state index in [1.807, 2.05) is 0 Å². The van der Waals surface area contributed by atoms with Crippen molar-refractivity contribution in [2.45, 2.75) is 6.92 Å². The number of benzene rings is 2. The number of esters is 1. The Hall–Kier alpha value is -3.79. The number of nitrogens with zero attached hydrogens (tertiary/aromatic N) is 1. The van der Waals surface area contributed by atoms with E-state index < -0.39 is 11.9 Å². The Bertz CT molecular complexity index is 1080. The van der Waals surface area contributed by atoms with Crippen LogP contribution < -0.4 is 15.4 Å². The predicted octanol–water partition coefficient (Wildman–Crippen LogP) is 2.87. The molecule has 9 nitrogen and oxygen atoms in total. The van der Waals surface area contributed by atoms with Crippen LogP contribution in [0.1, 0.15) is 17.3 Å². The molecule has 0 unspecified atom stereocenters. The molecule has 10 heteroatoms. The summed E-state index contributed by atoms with van der Waals surface area (Å²) in [5.74, 6) is -0.913. The molecule has 172 valence electrons. The maximum absolute atomic E-state index is 12.5. The predicted molar refractivity (Wildman–Crippen MR) is 125 cm³/mol. The van der Waals surface area contributed by atoms with Crippen LogP contribution in [-0.2, 0) is 19.1 Å². The van der Waals surface area contributed by atoms with Crippen LogP contribution >= 0.6 is 11.8 Å². The first-order valence-electron chi connectivity index (χ1n) is 10.1. The molecule has 0 bridgehead atoms. The number of thioether (sulfide) groups is 1. The summed E-state index contributed by atoms with van der Waals surface area (Å²) in [5.41, 5.74) is 1.40. The molecular weight excluding hydrogens is 446 g/mol. The second-order valence-electron chi connectivity index (χ2n) is 6.78. The molecule has 0 aromatic heterocycles. The van der Waals surface area contributed by atoms with Crippen LogP contribution in [0.2, 0.25) is 0 Å². The number of carbonyl (C=O) groups excluding carboxylic acids is 4. The number of methoxy groups -OCH3 is 1. The summed E-state index contributed by atoms with van der Waals surface area (Å²) in [5, 5.41) is 5.84. The Morgan fingerprint density at radius 1 is 1.09 bits per heavy atom. The lowest BCUT2D eigenvalue weighted by Crippen LogP contribution is -2.34. The minimum atomic E-state index is -0.568. The molecule has 3 amide bonds. The van der Waals surface area contributed by atoms with Gasteiger partial charge in [-0.05, 0) is 43.3 Å². The molecule has 1 aliphatic heterocycles. The van der Waals surface area contributed by atoms with Crippen molar-refractivity contribution in [2.75, 3.05) is 36.6 Å². The second-order valence-corrected chi connectivity index (χ2v) is 7.78. The minimum Gasteiger partial charge on any atom is -0.495 e. The first-order chi connectivity index (χ1) is 15.9. The lowest BCUT2D eigenvalue weighted by atomic mass is 10.2. The molecule has 2 aromatic carbocycles. The van der Waals surface area contributed by atoms with Gasteiger partial charge >= 0.3 is 5.97 Å². The summed E-state index contributed by atoms with van der Waals surface area (Å²) in [6, 6.07) is 13.4. The molecule has 1 heterocycles. The average Bonchev–Trinajstić information content (AvgIpc) is 3.13. The number of ether oxygens (including phenoxy) is 2. The van der Waals surface area contributed by atoms with Gasteiger partial charge in [-0.3, -0.25) is 19.3 Å². The third kappa shape index (κ3) is 6.36. The van der Waals surface area contributed by atoms with Gasteiger partial charge in [-0.1, -0.05) is 23.9 Å². The summed E-state index contributed by atoms with van der Waals surface area (Å²) < 4.78 is 10.1. The van der Waals surface area contributed by atoms with E-state index in [1.165, 1.54) is 29.8 Å². The van der Waals surface area contributed by atoms with E-state index in [-0.39, 0.29) is 30.7 Å². The number of rotatable bonds is 8. The van der Waals surface area contributed by atoms with Gasteiger partial charge in [0, 0.05) is 11.3 Å². The third-order valence-electron chi connectivity index (χ3n) is 4.53. The Morgan fingerprint density at radius 2 is 1.82 bits per heavy atom. The van der Waals surface area contributed by atoms with Crippen molar-refractivity contribution < 1.29 is 28.7 Å². The number of amides is 3. The summed E-state index contributed by atoms with van der Waals surface area (Å²) in [6.45, 7) is 1.66. The van der Waals surface area contributed by atoms with Crippen molar-refractivity contribution in [2.24, 2.45) is 0 Å². The van der Waals surface area contributed by atoms with Gasteiger partial charge in [0.05, 0.1) is 36.3 Å². The van der Waals surface area contributed by atoms with Crippen molar-refractivity contribution in [1.29, 1.82) is 0 Å². The number of nitrogens with one attached hydrogen (secondary N) is 2. The summed E-state index contributed by atoms with van der Waals surface area (Å²) in [7, 11) is 1.52. The van der Waals surface area contributed by atoms with Gasteiger partial charge in [0.2, 0.25) is 11.8 Å². The van der Waals surface area contributed by atoms with Gasteiger partial charge in [0.15, 0.2) is 0 Å². The lowest BCUT2D eigenvalue weighted by Gasteiger charge is -2.16. The quantitative estimate of drug-likeness (QED) is 0.451. The smallest absolute Gasteiger partial charge is 0.333 e. The van der Waals surface area contributed by atoms with Crippen LogP contribution in [0, 0.1) is 0 Å². The Labute approximate surface area is 195 Å². The first kappa shape index (κ1) is 23.9. The standard InChI is InChI=1S/C23H23N3O6S/c1-3-32-22(29)12-21-26(20(28)14-33-21)13-19(27)24-16-10-8-15(9-11-16)23(30)25-17-6-4-5-7-18(17)31-2/h4-12H,3,13-14H2,1-2H3,(H,24,27)(H,25,30)/b21-12-. The van der Waals surface area contributed by atoms with Crippen LogP contribution in [-0.4, -0.2) is 54.6 Å². The topological polar surface area (TPSA) is 114 Å². The van der Waals surface area contributed by atoms with Gasteiger partial charge in [-0.25, -0.2) is 4.79 Å². The van der Waals surface area contributed by atoms with Gasteiger partial charge in [-0.15, -0.1) is 0 Å². The zero-order valence-electron chi connectivity index (χ0n) is 18.1. The fraction of sp³-hybridized carbons (Fsp3) is 0.217. The highest BCUT2D eigenvalue weighted by atomic mass is 32.2. The second kappa shape index (κ2) is 11.2. The van der Waals surface area contributed by atoms with Crippen LogP contribution in [0.15, 0.2) is 59.6 Å². The maximum atomic E-state index is 12.5. The van der Waals surface area contributed by atoms with E-state index >= 15 is 0 Å². The Morgan fingerprint density at radius 3 is 2.52 bits per heavy atom. The first-order valence-corrected chi connectivity index (χ1v) is 11.1. The Balaban J connectivity index is 1.60. The normalized spacial score (nSPS) is 14.2. The lowest BCUT2D eigenvalue weighted by molar-refractivity contribution is -0.137. The van der Waals surface area contributed by atoms with Crippen molar-refractivity contribution in [3.05, 3.63) is 65.2 Å². The number of para-hydroxylation sites is 2. The van der Waals surface area contributed by atoms with E-state index in [2.05, 4.69) is 10.6 Å². The van der Waals surface area contributed by atoms with Crippen LogP contribution in [0.3, 0.4) is 0 Å². The molecule has 3 rings (SSSR count). The summed E-state index contributed by atoms with van der Waals surface area (Å²) in [6.07, 6.45) is 1.21. The van der Waals surface area contributed by atoms with E-state index in [9.17, 15) is 19.2 Å². The monoisotopic (exact) mass is 469 g/mol. The molecule has 1 fully saturated rings. The van der Waals surface area contributed by atoms with Crippen molar-refractivity contribution >= 4 is 46.8 Å². The molecule has 0 spiro atoms. The molecule has 2 aromatic rings. The number of carbonyl (C=O) groups is 4. The van der Waals surface area contributed by atoms with Gasteiger partial charge < -0.3 is 20.1 Å². The zero-order chi connectivity index (χ0) is 23.8. The highest BCUT2D eigenvalue weighted by Crippen LogP contribution is 2.28. The van der Waals surface area contributed by atoms with Crippen LogP contribution in [0.5, 0.6) is 5.75 Å². The fourth-order valence-electron chi connectivity index (χ4n) is 2.98. The fourth-order valence-corrected chi connectivity index (χ4v) is 3.91. The van der Waals surface area contributed by atoms with E-state index in [0.717, 1.165) is 0 Å². The number of hydrogen-bond acceptors (Lipinski definition) is 7. The zero-order valence-corrected chi connectivity index (χ0v) is 18.9. The molecule has 0 aliphatic carbocycles. The third-order valence-corrected chi connectivity index (χ3v) is 5.55. The summed E-state index contributed by atoms with van der Waals surface area (Å²) >= 11 is 1.17. The van der Waals surface area contributed by atoms with Gasteiger partial charge in [0.25, 0.3) is 5.91 Å². The van der Waals surface area contributed by atoms with E-state index in [1.54, 1.807) is 55.5 Å². The number of anilines is 2. The largest absolute Gasteiger partial charge is 0.495 e. The average molecular weight is 470 g/mol. The molecule has 0 saturated carbocycles. The Kier molecular flexibility index (Phi) is 8.09. The van der Waals surface area contributed by atoms with E-state index in [4.69, 9.17) is 9.47 Å². The molecule has 1 saturated heterocycles. The maximum Gasteiger partial charge on any atom is 0.333 e. The highest BCUT2D eigenvalue weighted by molar-refractivity contribution is 8.04. The van der Waals surface area contributed by atoms with Gasteiger partial charge in [0.1, 0.15) is 12.3 Å². The molecule has 2 N–H and O–H groups in total. The van der Waals surface area contributed by atoms with Crippen molar-refractivity contribution in [3.8, 4) is 5.75 Å². The van der Waals surface area contributed by atoms with Crippen LogP contribution in [0.25, 0.3) is 0 Å². The molecular formula is C23H23N3O6S.